The van der Waals surface area contributed by atoms with Crippen molar-refractivity contribution in [3.05, 3.63) is 30.1 Å². The predicted octanol–water partition coefficient (Wildman–Crippen LogP) is 0.916. The molecule has 2 amide bonds. The third-order valence-electron chi connectivity index (χ3n) is 4.38. The molecule has 1 saturated carbocycles. The van der Waals surface area contributed by atoms with Gasteiger partial charge in [-0.2, -0.15) is 11.8 Å². The molecule has 1 aliphatic carbocycles. The third-order valence-corrected chi connectivity index (χ3v) is 5.56. The van der Waals surface area contributed by atoms with Crippen LogP contribution in [0.1, 0.15) is 29.8 Å². The highest BCUT2D eigenvalue weighted by Gasteiger charge is 2.32. The van der Waals surface area contributed by atoms with E-state index in [-0.39, 0.29) is 24.4 Å². The summed E-state index contributed by atoms with van der Waals surface area (Å²) in [6.45, 7) is 0.724. The van der Waals surface area contributed by atoms with Gasteiger partial charge in [0.2, 0.25) is 5.91 Å². The number of nitrogens with zero attached hydrogens (tertiary/aromatic N) is 2. The van der Waals surface area contributed by atoms with Crippen LogP contribution in [0.4, 0.5) is 0 Å². The zero-order valence-corrected chi connectivity index (χ0v) is 14.4. The minimum absolute atomic E-state index is 0.0331. The molecule has 1 saturated heterocycles. The quantitative estimate of drug-likeness (QED) is 0.798. The van der Waals surface area contributed by atoms with Crippen LogP contribution in [0.3, 0.4) is 0 Å². The van der Waals surface area contributed by atoms with Gasteiger partial charge in [-0.05, 0) is 43.1 Å². The third kappa shape index (κ3) is 4.70. The fourth-order valence-corrected chi connectivity index (χ4v) is 3.84. The van der Waals surface area contributed by atoms with Gasteiger partial charge >= 0.3 is 0 Å². The molecule has 0 bridgehead atoms. The topological polar surface area (TPSA) is 82.5 Å². The Morgan fingerprint density at radius 3 is 2.83 bits per heavy atom. The monoisotopic (exact) mass is 349 g/mol. The summed E-state index contributed by atoms with van der Waals surface area (Å²) in [5.41, 5.74) is 0.378. The average Bonchev–Trinajstić information content (AvgIpc) is 3.41. The molecular formula is C17H23N3O3S. The number of hydrogen-bond acceptors (Lipinski definition) is 5. The normalized spacial score (nSPS) is 23.8. The number of thioether (sulfide) groups is 1. The van der Waals surface area contributed by atoms with Crippen LogP contribution in [-0.4, -0.2) is 63.5 Å². The molecule has 0 spiro atoms. The maximum Gasteiger partial charge on any atom is 0.272 e. The van der Waals surface area contributed by atoms with Gasteiger partial charge in [0.05, 0.1) is 17.9 Å². The van der Waals surface area contributed by atoms with Crippen LogP contribution < -0.4 is 5.32 Å². The van der Waals surface area contributed by atoms with Crippen LogP contribution in [0, 0.1) is 5.92 Å². The summed E-state index contributed by atoms with van der Waals surface area (Å²) in [7, 11) is 0. The lowest BCUT2D eigenvalue weighted by molar-refractivity contribution is -0.120. The summed E-state index contributed by atoms with van der Waals surface area (Å²) < 4.78 is 0. The molecule has 2 N–H and O–H groups in total. The molecule has 1 aromatic rings. The molecule has 0 radical (unpaired) electrons. The smallest absolute Gasteiger partial charge is 0.272 e. The summed E-state index contributed by atoms with van der Waals surface area (Å²) in [6, 6.07) is 4.91. The SMILES string of the molecule is O=C(CSCC1CC1)N[C@@H]1CCN(C(=O)c2ccccn2)C[C@H]1O. The van der Waals surface area contributed by atoms with E-state index in [9.17, 15) is 14.7 Å². The Morgan fingerprint density at radius 1 is 1.33 bits per heavy atom. The van der Waals surface area contributed by atoms with Gasteiger partial charge in [-0.15, -0.1) is 0 Å². The number of likely N-dealkylation sites (tertiary alicyclic amines) is 1. The number of carbonyl (C=O) groups is 2. The molecule has 2 fully saturated rings. The number of nitrogens with one attached hydrogen (secondary N) is 1. The van der Waals surface area contributed by atoms with Crippen LogP contribution in [0.2, 0.25) is 0 Å². The first-order valence-electron chi connectivity index (χ1n) is 8.39. The summed E-state index contributed by atoms with van der Waals surface area (Å²) in [5.74, 6) is 2.08. The standard InChI is InChI=1S/C17H23N3O3S/c21-15-9-20(17(23)14-3-1-2-7-18-14)8-6-13(15)19-16(22)11-24-10-12-4-5-12/h1-3,7,12-13,15,21H,4-6,8-11H2,(H,19,22)/t13-,15-/m1/s1. The fraction of sp³-hybridized carbons (Fsp3) is 0.588. The minimum atomic E-state index is -0.746. The minimum Gasteiger partial charge on any atom is -0.389 e. The molecule has 130 valence electrons. The molecule has 0 unspecified atom stereocenters. The largest absolute Gasteiger partial charge is 0.389 e. The number of aromatic nitrogens is 1. The highest BCUT2D eigenvalue weighted by atomic mass is 32.2. The summed E-state index contributed by atoms with van der Waals surface area (Å²) in [5, 5.41) is 13.2. The lowest BCUT2D eigenvalue weighted by atomic mass is 10.0. The first kappa shape index (κ1) is 17.2. The number of piperidine rings is 1. The Hall–Kier alpha value is -1.60. The van der Waals surface area contributed by atoms with Crippen LogP contribution in [-0.2, 0) is 4.79 Å². The molecule has 3 rings (SSSR count). The van der Waals surface area contributed by atoms with Crippen molar-refractivity contribution in [1.82, 2.24) is 15.2 Å². The molecule has 2 aliphatic rings. The van der Waals surface area contributed by atoms with Crippen molar-refractivity contribution >= 4 is 23.6 Å². The second kappa shape index (κ2) is 7.98. The second-order valence-electron chi connectivity index (χ2n) is 6.45. The maximum absolute atomic E-state index is 12.3. The molecule has 0 aromatic carbocycles. The molecular weight excluding hydrogens is 326 g/mol. The van der Waals surface area contributed by atoms with Gasteiger partial charge in [-0.1, -0.05) is 6.07 Å². The van der Waals surface area contributed by atoms with Crippen LogP contribution in [0.15, 0.2) is 24.4 Å². The van der Waals surface area contributed by atoms with Crippen molar-refractivity contribution < 1.29 is 14.7 Å². The van der Waals surface area contributed by atoms with E-state index in [4.69, 9.17) is 0 Å². The number of hydrogen-bond donors (Lipinski definition) is 2. The predicted molar refractivity (Wildman–Crippen MR) is 92.7 cm³/mol. The lowest BCUT2D eigenvalue weighted by Crippen LogP contribution is -2.55. The fourth-order valence-electron chi connectivity index (χ4n) is 2.79. The maximum atomic E-state index is 12.3. The molecule has 6 nitrogen and oxygen atoms in total. The Morgan fingerprint density at radius 2 is 2.17 bits per heavy atom. The Bertz CT molecular complexity index is 580. The molecule has 2 atom stereocenters. The van der Waals surface area contributed by atoms with Gasteiger partial charge in [0.1, 0.15) is 5.69 Å². The van der Waals surface area contributed by atoms with Gasteiger partial charge < -0.3 is 15.3 Å². The van der Waals surface area contributed by atoms with E-state index in [0.717, 1.165) is 11.7 Å². The van der Waals surface area contributed by atoms with Gasteiger partial charge in [-0.25, -0.2) is 0 Å². The van der Waals surface area contributed by atoms with E-state index < -0.39 is 6.10 Å². The van der Waals surface area contributed by atoms with Crippen molar-refractivity contribution in [2.75, 3.05) is 24.6 Å². The van der Waals surface area contributed by atoms with Gasteiger partial charge in [0.15, 0.2) is 0 Å². The first-order chi connectivity index (χ1) is 11.6. The number of rotatable bonds is 6. The molecule has 24 heavy (non-hydrogen) atoms. The Kier molecular flexibility index (Phi) is 5.73. The van der Waals surface area contributed by atoms with Crippen molar-refractivity contribution in [1.29, 1.82) is 0 Å². The van der Waals surface area contributed by atoms with Crippen LogP contribution >= 0.6 is 11.8 Å². The van der Waals surface area contributed by atoms with Gasteiger partial charge in [-0.3, -0.25) is 14.6 Å². The van der Waals surface area contributed by atoms with Crippen molar-refractivity contribution in [2.45, 2.75) is 31.4 Å². The summed E-state index contributed by atoms with van der Waals surface area (Å²) in [4.78, 5) is 30.0. The highest BCUT2D eigenvalue weighted by molar-refractivity contribution is 7.99. The van der Waals surface area contributed by atoms with E-state index in [1.165, 1.54) is 12.8 Å². The van der Waals surface area contributed by atoms with E-state index in [1.54, 1.807) is 41.1 Å². The number of β-amino-alcohol motifs (C(OH)–C–C–N with tert-alkyl or cyclic N) is 1. The van der Waals surface area contributed by atoms with E-state index >= 15 is 0 Å². The first-order valence-corrected chi connectivity index (χ1v) is 9.54. The van der Waals surface area contributed by atoms with Gasteiger partial charge in [0, 0.05) is 19.3 Å². The lowest BCUT2D eigenvalue weighted by Gasteiger charge is -2.36. The van der Waals surface area contributed by atoms with E-state index in [1.807, 2.05) is 0 Å². The zero-order chi connectivity index (χ0) is 16.9. The average molecular weight is 349 g/mol. The van der Waals surface area contributed by atoms with Crippen molar-refractivity contribution in [2.24, 2.45) is 5.92 Å². The van der Waals surface area contributed by atoms with Crippen LogP contribution in [0.5, 0.6) is 0 Å². The van der Waals surface area contributed by atoms with Crippen molar-refractivity contribution in [3.63, 3.8) is 0 Å². The molecule has 1 aromatic heterocycles. The number of pyridine rings is 1. The zero-order valence-electron chi connectivity index (χ0n) is 13.6. The molecule has 2 heterocycles. The summed E-state index contributed by atoms with van der Waals surface area (Å²) in [6.07, 6.45) is 3.96. The van der Waals surface area contributed by atoms with E-state index in [0.29, 0.717) is 24.4 Å². The molecule has 7 heteroatoms. The molecule has 1 aliphatic heterocycles. The highest BCUT2D eigenvalue weighted by Crippen LogP contribution is 2.32. The second-order valence-corrected chi connectivity index (χ2v) is 7.48. The number of carbonyl (C=O) groups excluding carboxylic acids is 2. The van der Waals surface area contributed by atoms with Gasteiger partial charge in [0.25, 0.3) is 5.91 Å². The summed E-state index contributed by atoms with van der Waals surface area (Å²) >= 11 is 1.66. The van der Waals surface area contributed by atoms with Crippen LogP contribution in [0.25, 0.3) is 0 Å². The van der Waals surface area contributed by atoms with Crippen molar-refractivity contribution in [3.8, 4) is 0 Å². The number of aliphatic hydroxyl groups is 1. The number of amides is 2. The van der Waals surface area contributed by atoms with E-state index in [2.05, 4.69) is 10.3 Å². The number of aliphatic hydroxyl groups excluding tert-OH is 1. The Labute approximate surface area is 146 Å². The Balaban J connectivity index is 1.44.